The minimum absolute atomic E-state index is 0.0108. The van der Waals surface area contributed by atoms with Crippen LogP contribution in [0.2, 0.25) is 0 Å². The standard InChI is InChI=1S/C33H48FN7O4/c1-5-29(42)36-27(33(45)40-18-16-39(4)17-19-40)21-23-12-13-26(25(34)20-23)37-32(44)30(24-10-8-6-7-9-11-24)38-31(43)28-14-15-35-41(28)22(2)3/h12-15,20,22,24,27,30H,5-11,16-19,21H2,1-4H3,(H,36,42)(H,37,44)(H,38,43)/t27-,30+/m1/s1. The van der Waals surface area contributed by atoms with Crippen LogP contribution in [-0.2, 0) is 20.8 Å². The number of likely N-dealkylation sites (N-methyl/N-ethyl adjacent to an activating group) is 1. The predicted octanol–water partition coefficient (Wildman–Crippen LogP) is 3.52. The summed E-state index contributed by atoms with van der Waals surface area (Å²) in [5, 5.41) is 12.7. The number of amides is 4. The van der Waals surface area contributed by atoms with Gasteiger partial charge in [0.15, 0.2) is 0 Å². The van der Waals surface area contributed by atoms with E-state index in [9.17, 15) is 19.2 Å². The second-order valence-electron chi connectivity index (χ2n) is 12.6. The Hall–Kier alpha value is -3.80. The van der Waals surface area contributed by atoms with E-state index in [1.807, 2.05) is 20.9 Å². The highest BCUT2D eigenvalue weighted by atomic mass is 19.1. The summed E-state index contributed by atoms with van der Waals surface area (Å²) in [6.45, 7) is 8.17. The SMILES string of the molecule is CCC(=O)N[C@H](Cc1ccc(NC(=O)[C@@H](NC(=O)c2ccnn2C(C)C)C2CCCCCC2)c(F)c1)C(=O)N1CCN(C)CC1. The van der Waals surface area contributed by atoms with E-state index in [0.717, 1.165) is 51.6 Å². The van der Waals surface area contributed by atoms with Crippen molar-refractivity contribution in [2.45, 2.75) is 90.3 Å². The fraction of sp³-hybridized carbons (Fsp3) is 0.606. The minimum atomic E-state index is -0.847. The molecule has 246 valence electrons. The molecular weight excluding hydrogens is 577 g/mol. The molecule has 1 aromatic heterocycles. The highest BCUT2D eigenvalue weighted by molar-refractivity contribution is 6.00. The number of hydrogen-bond donors (Lipinski definition) is 3. The Labute approximate surface area is 265 Å². The summed E-state index contributed by atoms with van der Waals surface area (Å²) in [5.74, 6) is -2.06. The van der Waals surface area contributed by atoms with Crippen molar-refractivity contribution in [3.63, 3.8) is 0 Å². The van der Waals surface area contributed by atoms with Crippen molar-refractivity contribution in [2.75, 3.05) is 38.5 Å². The molecule has 4 rings (SSSR count). The number of piperazine rings is 1. The molecule has 11 nitrogen and oxygen atoms in total. The molecule has 2 aromatic rings. The first-order valence-electron chi connectivity index (χ1n) is 16.3. The lowest BCUT2D eigenvalue weighted by atomic mass is 9.91. The van der Waals surface area contributed by atoms with Gasteiger partial charge >= 0.3 is 0 Å². The monoisotopic (exact) mass is 625 g/mol. The second-order valence-corrected chi connectivity index (χ2v) is 12.6. The minimum Gasteiger partial charge on any atom is -0.344 e. The molecule has 1 aromatic carbocycles. The number of aromatic nitrogens is 2. The molecular formula is C33H48FN7O4. The number of rotatable bonds is 11. The van der Waals surface area contributed by atoms with Crippen molar-refractivity contribution >= 4 is 29.3 Å². The number of nitrogens with one attached hydrogen (secondary N) is 3. The van der Waals surface area contributed by atoms with E-state index < -0.39 is 29.7 Å². The third kappa shape index (κ3) is 9.12. The fourth-order valence-corrected chi connectivity index (χ4v) is 6.14. The molecule has 12 heteroatoms. The highest BCUT2D eigenvalue weighted by Gasteiger charge is 2.33. The first kappa shape index (κ1) is 34.1. The van der Waals surface area contributed by atoms with Crippen LogP contribution in [0, 0.1) is 11.7 Å². The number of carbonyl (C=O) groups is 4. The molecule has 1 saturated heterocycles. The number of anilines is 1. The van der Waals surface area contributed by atoms with Gasteiger partial charge in [0.05, 0.1) is 5.69 Å². The molecule has 0 radical (unpaired) electrons. The van der Waals surface area contributed by atoms with Gasteiger partial charge in [0, 0.05) is 51.3 Å². The summed E-state index contributed by atoms with van der Waals surface area (Å²) in [6.07, 6.45) is 7.54. The molecule has 45 heavy (non-hydrogen) atoms. The Bertz CT molecular complexity index is 1330. The summed E-state index contributed by atoms with van der Waals surface area (Å²) in [5.41, 5.74) is 0.871. The van der Waals surface area contributed by atoms with E-state index in [-0.39, 0.29) is 42.3 Å². The molecule has 4 amide bonds. The second kappa shape index (κ2) is 16.0. The van der Waals surface area contributed by atoms with Crippen LogP contribution in [0.1, 0.15) is 87.8 Å². The molecule has 0 spiro atoms. The van der Waals surface area contributed by atoms with Crippen molar-refractivity contribution in [3.05, 3.63) is 47.5 Å². The van der Waals surface area contributed by atoms with Crippen LogP contribution in [0.15, 0.2) is 30.5 Å². The first-order valence-corrected chi connectivity index (χ1v) is 16.3. The molecule has 2 aliphatic rings. The zero-order chi connectivity index (χ0) is 32.5. The number of nitrogens with zero attached hydrogens (tertiary/aromatic N) is 4. The van der Waals surface area contributed by atoms with Gasteiger partial charge in [-0.15, -0.1) is 0 Å². The van der Waals surface area contributed by atoms with Crippen molar-refractivity contribution < 1.29 is 23.6 Å². The average molecular weight is 626 g/mol. The third-order valence-electron chi connectivity index (χ3n) is 8.83. The van der Waals surface area contributed by atoms with Crippen LogP contribution in [0.4, 0.5) is 10.1 Å². The van der Waals surface area contributed by atoms with Gasteiger partial charge in [0.1, 0.15) is 23.6 Å². The zero-order valence-corrected chi connectivity index (χ0v) is 27.0. The smallest absolute Gasteiger partial charge is 0.270 e. The molecule has 3 N–H and O–H groups in total. The summed E-state index contributed by atoms with van der Waals surface area (Å²) in [7, 11) is 2.00. The van der Waals surface area contributed by atoms with Gasteiger partial charge in [-0.2, -0.15) is 5.10 Å². The van der Waals surface area contributed by atoms with Crippen molar-refractivity contribution in [1.29, 1.82) is 0 Å². The average Bonchev–Trinajstić information content (AvgIpc) is 3.37. The summed E-state index contributed by atoms with van der Waals surface area (Å²) in [6, 6.07) is 4.34. The van der Waals surface area contributed by atoms with E-state index in [0.29, 0.717) is 24.3 Å². The Morgan fingerprint density at radius 3 is 2.29 bits per heavy atom. The summed E-state index contributed by atoms with van der Waals surface area (Å²) < 4.78 is 17.1. The van der Waals surface area contributed by atoms with Crippen LogP contribution in [-0.4, -0.2) is 88.5 Å². The Morgan fingerprint density at radius 2 is 1.67 bits per heavy atom. The van der Waals surface area contributed by atoms with E-state index in [1.54, 1.807) is 34.8 Å². The maximum Gasteiger partial charge on any atom is 0.270 e. The third-order valence-corrected chi connectivity index (χ3v) is 8.83. The van der Waals surface area contributed by atoms with Crippen molar-refractivity contribution in [1.82, 2.24) is 30.2 Å². The molecule has 0 unspecified atom stereocenters. The number of benzene rings is 1. The summed E-state index contributed by atoms with van der Waals surface area (Å²) in [4.78, 5) is 56.5. The Balaban J connectivity index is 1.49. The quantitative estimate of drug-likeness (QED) is 0.328. The van der Waals surface area contributed by atoms with E-state index in [4.69, 9.17) is 0 Å². The lowest BCUT2D eigenvalue weighted by Crippen LogP contribution is -2.54. The van der Waals surface area contributed by atoms with Crippen LogP contribution in [0.3, 0.4) is 0 Å². The van der Waals surface area contributed by atoms with Crippen molar-refractivity contribution in [2.24, 2.45) is 5.92 Å². The Kier molecular flexibility index (Phi) is 12.1. The topological polar surface area (TPSA) is 129 Å². The first-order chi connectivity index (χ1) is 21.6. The van der Waals surface area contributed by atoms with Crippen LogP contribution < -0.4 is 16.0 Å². The van der Waals surface area contributed by atoms with Gasteiger partial charge in [-0.05, 0) is 63.4 Å². The molecule has 1 aliphatic heterocycles. The number of hydrogen-bond acceptors (Lipinski definition) is 6. The number of halogens is 1. The van der Waals surface area contributed by atoms with E-state index >= 15 is 4.39 Å². The van der Waals surface area contributed by atoms with Crippen LogP contribution in [0.5, 0.6) is 0 Å². The van der Waals surface area contributed by atoms with Gasteiger partial charge in [-0.25, -0.2) is 4.39 Å². The van der Waals surface area contributed by atoms with Gasteiger partial charge in [-0.3, -0.25) is 23.9 Å². The van der Waals surface area contributed by atoms with Gasteiger partial charge < -0.3 is 25.8 Å². The largest absolute Gasteiger partial charge is 0.344 e. The number of carbonyl (C=O) groups excluding carboxylic acids is 4. The maximum absolute atomic E-state index is 15.5. The molecule has 1 saturated carbocycles. The van der Waals surface area contributed by atoms with Crippen LogP contribution >= 0.6 is 0 Å². The molecule has 2 fully saturated rings. The molecule has 2 heterocycles. The fourth-order valence-electron chi connectivity index (χ4n) is 6.14. The lowest BCUT2D eigenvalue weighted by Gasteiger charge is -2.34. The van der Waals surface area contributed by atoms with E-state index in [2.05, 4.69) is 25.9 Å². The predicted molar refractivity (Wildman–Crippen MR) is 170 cm³/mol. The molecule has 1 aliphatic carbocycles. The van der Waals surface area contributed by atoms with Gasteiger partial charge in [0.2, 0.25) is 17.7 Å². The van der Waals surface area contributed by atoms with Crippen molar-refractivity contribution in [3.8, 4) is 0 Å². The molecule has 2 atom stereocenters. The van der Waals surface area contributed by atoms with E-state index in [1.165, 1.54) is 12.1 Å². The molecule has 0 bridgehead atoms. The highest BCUT2D eigenvalue weighted by Crippen LogP contribution is 2.27. The maximum atomic E-state index is 15.5. The summed E-state index contributed by atoms with van der Waals surface area (Å²) >= 11 is 0. The van der Waals surface area contributed by atoms with Gasteiger partial charge in [0.25, 0.3) is 5.91 Å². The van der Waals surface area contributed by atoms with Crippen LogP contribution in [0.25, 0.3) is 0 Å². The van der Waals surface area contributed by atoms with Gasteiger partial charge in [-0.1, -0.05) is 38.7 Å². The Morgan fingerprint density at radius 1 is 0.978 bits per heavy atom. The lowest BCUT2D eigenvalue weighted by molar-refractivity contribution is -0.137. The normalized spacial score (nSPS) is 17.8. The zero-order valence-electron chi connectivity index (χ0n) is 27.0.